The van der Waals surface area contributed by atoms with Crippen LogP contribution in [0.4, 0.5) is 0 Å². The van der Waals surface area contributed by atoms with E-state index in [0.717, 1.165) is 29.7 Å². The number of hydrogen-bond acceptors (Lipinski definition) is 4. The molecule has 1 aromatic heterocycles. The fourth-order valence-corrected chi connectivity index (χ4v) is 4.06. The van der Waals surface area contributed by atoms with Crippen LogP contribution >= 0.6 is 11.6 Å². The van der Waals surface area contributed by atoms with Gasteiger partial charge in [-0.15, -0.1) is 0 Å². The average Bonchev–Trinajstić information content (AvgIpc) is 3.18. The summed E-state index contributed by atoms with van der Waals surface area (Å²) >= 11 is 6.44. The van der Waals surface area contributed by atoms with Crippen molar-refractivity contribution in [2.45, 2.75) is 38.6 Å². The minimum atomic E-state index is -0.177. The highest BCUT2D eigenvalue weighted by Gasteiger charge is 2.33. The van der Waals surface area contributed by atoms with Gasteiger partial charge >= 0.3 is 0 Å². The van der Waals surface area contributed by atoms with Crippen molar-refractivity contribution in [3.63, 3.8) is 0 Å². The Labute approximate surface area is 181 Å². The molecule has 4 rings (SSSR count). The number of nitrogens with zero attached hydrogens (tertiary/aromatic N) is 1. The lowest BCUT2D eigenvalue weighted by atomic mass is 9.73. The van der Waals surface area contributed by atoms with Gasteiger partial charge in [0.2, 0.25) is 5.91 Å². The Balaban J connectivity index is 1.28. The molecule has 1 saturated carbocycles. The molecule has 3 aromatic rings. The highest BCUT2D eigenvalue weighted by Crippen LogP contribution is 2.42. The molecular weight excluding hydrogens is 400 g/mol. The summed E-state index contributed by atoms with van der Waals surface area (Å²) < 4.78 is 11.4. The summed E-state index contributed by atoms with van der Waals surface area (Å²) in [5, 5.41) is 7.62. The van der Waals surface area contributed by atoms with Gasteiger partial charge in [0.15, 0.2) is 5.76 Å². The molecule has 1 aliphatic carbocycles. The van der Waals surface area contributed by atoms with Crippen molar-refractivity contribution in [2.75, 3.05) is 6.61 Å². The number of halogens is 1. The first-order chi connectivity index (χ1) is 14.5. The van der Waals surface area contributed by atoms with E-state index < -0.39 is 0 Å². The summed E-state index contributed by atoms with van der Waals surface area (Å²) in [7, 11) is 0. The zero-order chi connectivity index (χ0) is 21.1. The van der Waals surface area contributed by atoms with Gasteiger partial charge in [0, 0.05) is 18.9 Å². The Morgan fingerprint density at radius 3 is 2.67 bits per heavy atom. The molecule has 0 saturated heterocycles. The van der Waals surface area contributed by atoms with Crippen LogP contribution in [0.15, 0.2) is 59.1 Å². The van der Waals surface area contributed by atoms with Crippen molar-refractivity contribution in [1.82, 2.24) is 10.5 Å². The average molecular weight is 425 g/mol. The van der Waals surface area contributed by atoms with Gasteiger partial charge in [-0.25, -0.2) is 0 Å². The molecule has 1 atom stereocenters. The molecule has 2 aromatic carbocycles. The van der Waals surface area contributed by atoms with Crippen LogP contribution in [0.25, 0.3) is 11.1 Å². The van der Waals surface area contributed by atoms with Crippen LogP contribution in [0.1, 0.15) is 50.1 Å². The van der Waals surface area contributed by atoms with E-state index in [4.69, 9.17) is 20.9 Å². The van der Waals surface area contributed by atoms with E-state index in [2.05, 4.69) is 22.6 Å². The topological polar surface area (TPSA) is 64.4 Å². The largest absolute Gasteiger partial charge is 0.492 e. The minimum absolute atomic E-state index is 0.0863. The van der Waals surface area contributed by atoms with E-state index in [0.29, 0.717) is 35.0 Å². The molecule has 156 valence electrons. The third-order valence-electron chi connectivity index (χ3n) is 5.56. The smallest absolute Gasteiger partial charge is 0.217 e. The zero-order valence-electron chi connectivity index (χ0n) is 17.1. The molecule has 0 unspecified atom stereocenters. The number of ether oxygens (including phenoxy) is 1. The Morgan fingerprint density at radius 1 is 1.20 bits per heavy atom. The minimum Gasteiger partial charge on any atom is -0.492 e. The van der Waals surface area contributed by atoms with Crippen molar-refractivity contribution in [2.24, 2.45) is 5.92 Å². The fraction of sp³-hybridized carbons (Fsp3) is 0.333. The number of rotatable bonds is 7. The predicted octanol–water partition coefficient (Wildman–Crippen LogP) is 5.76. The zero-order valence-corrected chi connectivity index (χ0v) is 17.9. The standard InChI is InChI=1S/C24H25ClN2O3/c1-15(26-16(2)28)24-13-22(27-30-24)20-10-17(11-20)14-29-23-9-8-19(12-21(23)25)18-6-4-3-5-7-18/h3-9,12-13,15,17,20H,10-11,14H2,1-2H3,(H,26,28)/t15-,17?,20?/m0/s1. The van der Waals surface area contributed by atoms with E-state index in [9.17, 15) is 4.79 Å². The highest BCUT2D eigenvalue weighted by molar-refractivity contribution is 6.32. The first-order valence-corrected chi connectivity index (χ1v) is 10.6. The quantitative estimate of drug-likeness (QED) is 0.523. The number of nitrogens with one attached hydrogen (secondary N) is 1. The van der Waals surface area contributed by atoms with Crippen molar-refractivity contribution in [1.29, 1.82) is 0 Å². The molecule has 1 aliphatic rings. The number of aromatic nitrogens is 1. The molecule has 6 heteroatoms. The second-order valence-electron chi connectivity index (χ2n) is 7.93. The van der Waals surface area contributed by atoms with Gasteiger partial charge in [-0.05, 0) is 48.9 Å². The number of amides is 1. The monoisotopic (exact) mass is 424 g/mol. The summed E-state index contributed by atoms with van der Waals surface area (Å²) in [5.41, 5.74) is 3.16. The summed E-state index contributed by atoms with van der Waals surface area (Å²) in [6.07, 6.45) is 2.00. The second-order valence-corrected chi connectivity index (χ2v) is 8.34. The fourth-order valence-electron chi connectivity index (χ4n) is 3.83. The summed E-state index contributed by atoms with van der Waals surface area (Å²) in [4.78, 5) is 11.2. The van der Waals surface area contributed by atoms with Crippen LogP contribution in [-0.4, -0.2) is 17.7 Å². The van der Waals surface area contributed by atoms with Crippen LogP contribution in [0.2, 0.25) is 5.02 Å². The van der Waals surface area contributed by atoms with Crippen LogP contribution in [-0.2, 0) is 4.79 Å². The predicted molar refractivity (Wildman–Crippen MR) is 117 cm³/mol. The summed E-state index contributed by atoms with van der Waals surface area (Å²) in [6, 6.07) is 17.8. The molecule has 0 bridgehead atoms. The molecule has 30 heavy (non-hydrogen) atoms. The van der Waals surface area contributed by atoms with Crippen molar-refractivity contribution in [3.05, 3.63) is 71.1 Å². The van der Waals surface area contributed by atoms with Crippen LogP contribution in [0, 0.1) is 5.92 Å². The van der Waals surface area contributed by atoms with E-state index >= 15 is 0 Å². The van der Waals surface area contributed by atoms with Gasteiger partial charge < -0.3 is 14.6 Å². The Bertz CT molecular complexity index is 1010. The Kier molecular flexibility index (Phi) is 6.09. The van der Waals surface area contributed by atoms with Gasteiger partial charge in [0.1, 0.15) is 5.75 Å². The number of carbonyl (C=O) groups excluding carboxylic acids is 1. The van der Waals surface area contributed by atoms with E-state index in [1.807, 2.05) is 49.4 Å². The maximum atomic E-state index is 11.2. The van der Waals surface area contributed by atoms with E-state index in [-0.39, 0.29) is 11.9 Å². The van der Waals surface area contributed by atoms with Crippen LogP contribution in [0.5, 0.6) is 5.75 Å². The molecule has 5 nitrogen and oxygen atoms in total. The van der Waals surface area contributed by atoms with Crippen LogP contribution < -0.4 is 10.1 Å². The van der Waals surface area contributed by atoms with E-state index in [1.165, 1.54) is 6.92 Å². The first-order valence-electron chi connectivity index (χ1n) is 10.2. The summed E-state index contributed by atoms with van der Waals surface area (Å²) in [6.45, 7) is 4.01. The van der Waals surface area contributed by atoms with Crippen molar-refractivity contribution >= 4 is 17.5 Å². The molecular formula is C24H25ClN2O3. The highest BCUT2D eigenvalue weighted by atomic mass is 35.5. The third kappa shape index (κ3) is 4.68. The van der Waals surface area contributed by atoms with Crippen molar-refractivity contribution < 1.29 is 14.1 Å². The Morgan fingerprint density at radius 2 is 1.97 bits per heavy atom. The lowest BCUT2D eigenvalue weighted by Gasteiger charge is -2.33. The Hall–Kier alpha value is -2.79. The molecule has 1 N–H and O–H groups in total. The lowest BCUT2D eigenvalue weighted by Crippen LogP contribution is -2.27. The molecule has 1 heterocycles. The maximum absolute atomic E-state index is 11.2. The van der Waals surface area contributed by atoms with Gasteiger partial charge in [0.25, 0.3) is 0 Å². The van der Waals surface area contributed by atoms with Gasteiger partial charge in [-0.1, -0.05) is 53.2 Å². The molecule has 1 fully saturated rings. The van der Waals surface area contributed by atoms with Gasteiger partial charge in [-0.2, -0.15) is 0 Å². The van der Waals surface area contributed by atoms with Gasteiger partial charge in [0.05, 0.1) is 23.4 Å². The SMILES string of the molecule is CC(=O)N[C@@H](C)c1cc(C2CC(COc3ccc(-c4ccccc4)cc3Cl)C2)no1. The lowest BCUT2D eigenvalue weighted by molar-refractivity contribution is -0.119. The van der Waals surface area contributed by atoms with Crippen molar-refractivity contribution in [3.8, 4) is 16.9 Å². The third-order valence-corrected chi connectivity index (χ3v) is 5.86. The molecule has 1 amide bonds. The number of carbonyl (C=O) groups is 1. The number of benzene rings is 2. The van der Waals surface area contributed by atoms with E-state index in [1.54, 1.807) is 0 Å². The maximum Gasteiger partial charge on any atom is 0.217 e. The second kappa shape index (κ2) is 8.92. The van der Waals surface area contributed by atoms with Gasteiger partial charge in [-0.3, -0.25) is 4.79 Å². The molecule has 0 spiro atoms. The summed E-state index contributed by atoms with van der Waals surface area (Å²) in [5.74, 6) is 2.15. The first kappa shape index (κ1) is 20.5. The molecule has 0 radical (unpaired) electrons. The molecule has 0 aliphatic heterocycles. The van der Waals surface area contributed by atoms with Crippen LogP contribution in [0.3, 0.4) is 0 Å². The number of hydrogen-bond donors (Lipinski definition) is 1. The normalized spacial score (nSPS) is 19.0.